The molecule has 0 aliphatic carbocycles. The van der Waals surface area contributed by atoms with E-state index in [9.17, 15) is 14.4 Å². The lowest BCUT2D eigenvalue weighted by atomic mass is 10.0. The number of benzene rings is 2. The first kappa shape index (κ1) is 20.4. The van der Waals surface area contributed by atoms with Gasteiger partial charge in [0.2, 0.25) is 11.8 Å². The third-order valence-corrected chi connectivity index (χ3v) is 5.82. The van der Waals surface area contributed by atoms with Crippen molar-refractivity contribution in [1.29, 1.82) is 0 Å². The predicted octanol–water partition coefficient (Wildman–Crippen LogP) is 3.66. The Bertz CT molecular complexity index is 1000. The van der Waals surface area contributed by atoms with Crippen LogP contribution in [0.25, 0.3) is 11.1 Å². The number of carbonyl (C=O) groups is 3. The van der Waals surface area contributed by atoms with Gasteiger partial charge in [-0.25, -0.2) is 0 Å². The largest absolute Gasteiger partial charge is 0.338 e. The van der Waals surface area contributed by atoms with Crippen LogP contribution in [-0.4, -0.2) is 53.2 Å². The van der Waals surface area contributed by atoms with Gasteiger partial charge >= 0.3 is 0 Å². The molecule has 1 unspecified atom stereocenters. The fourth-order valence-corrected chi connectivity index (χ4v) is 4.10. The fourth-order valence-electron chi connectivity index (χ4n) is 3.98. The molecule has 0 aromatic heterocycles. The standard InChI is InChI=1S/C23H24ClN3O3/c1-14(2)11-21(28)26-9-10-27-20(13-26)22(29)25-19-8-5-16(12-18(19)23(27)30)15-3-6-17(24)7-4-15/h3-8,12,14,20H,9-11,13H2,1-2H3,(H,25,29). The molecule has 0 bridgehead atoms. The number of anilines is 1. The number of piperazine rings is 1. The highest BCUT2D eigenvalue weighted by molar-refractivity contribution is 6.30. The van der Waals surface area contributed by atoms with E-state index in [0.717, 1.165) is 11.1 Å². The molecule has 1 N–H and O–H groups in total. The van der Waals surface area contributed by atoms with Gasteiger partial charge in [-0.05, 0) is 41.3 Å². The van der Waals surface area contributed by atoms with Crippen LogP contribution in [0.15, 0.2) is 42.5 Å². The Morgan fingerprint density at radius 1 is 1.10 bits per heavy atom. The molecule has 6 nitrogen and oxygen atoms in total. The molecule has 30 heavy (non-hydrogen) atoms. The summed E-state index contributed by atoms with van der Waals surface area (Å²) in [7, 11) is 0. The van der Waals surface area contributed by atoms with Crippen molar-refractivity contribution >= 4 is 35.0 Å². The van der Waals surface area contributed by atoms with Crippen molar-refractivity contribution in [3.8, 4) is 11.1 Å². The summed E-state index contributed by atoms with van der Waals surface area (Å²) >= 11 is 5.98. The molecular weight excluding hydrogens is 402 g/mol. The van der Waals surface area contributed by atoms with E-state index in [1.807, 2.05) is 32.0 Å². The molecule has 0 saturated carbocycles. The van der Waals surface area contributed by atoms with Crippen LogP contribution in [0.1, 0.15) is 30.6 Å². The minimum absolute atomic E-state index is 0.0247. The summed E-state index contributed by atoms with van der Waals surface area (Å²) in [6.07, 6.45) is 0.437. The van der Waals surface area contributed by atoms with E-state index in [1.165, 1.54) is 0 Å². The van der Waals surface area contributed by atoms with Gasteiger partial charge in [0, 0.05) is 24.5 Å². The van der Waals surface area contributed by atoms with Gasteiger partial charge in [-0.3, -0.25) is 14.4 Å². The molecule has 0 radical (unpaired) electrons. The number of fused-ring (bicyclic) bond motifs is 2. The summed E-state index contributed by atoms with van der Waals surface area (Å²) in [4.78, 5) is 42.0. The average molecular weight is 426 g/mol. The summed E-state index contributed by atoms with van der Waals surface area (Å²) < 4.78 is 0. The van der Waals surface area contributed by atoms with E-state index in [-0.39, 0.29) is 30.2 Å². The molecule has 2 heterocycles. The molecule has 3 amide bonds. The van der Waals surface area contributed by atoms with Crippen molar-refractivity contribution in [3.05, 3.63) is 53.1 Å². The molecule has 1 atom stereocenters. The number of carbonyl (C=O) groups excluding carboxylic acids is 3. The maximum atomic E-state index is 13.3. The van der Waals surface area contributed by atoms with E-state index >= 15 is 0 Å². The van der Waals surface area contributed by atoms with Crippen LogP contribution in [0.3, 0.4) is 0 Å². The number of nitrogens with one attached hydrogen (secondary N) is 1. The maximum Gasteiger partial charge on any atom is 0.256 e. The van der Waals surface area contributed by atoms with Crippen LogP contribution in [0, 0.1) is 5.92 Å². The molecule has 1 fully saturated rings. The van der Waals surface area contributed by atoms with Crippen LogP contribution in [0.2, 0.25) is 5.02 Å². The highest BCUT2D eigenvalue weighted by atomic mass is 35.5. The van der Waals surface area contributed by atoms with Crippen molar-refractivity contribution in [1.82, 2.24) is 9.80 Å². The van der Waals surface area contributed by atoms with E-state index in [2.05, 4.69) is 5.32 Å². The first-order valence-electron chi connectivity index (χ1n) is 10.1. The Labute approximate surface area is 180 Å². The van der Waals surface area contributed by atoms with Gasteiger partial charge in [0.1, 0.15) is 6.04 Å². The zero-order chi connectivity index (χ0) is 21.4. The molecule has 2 aromatic carbocycles. The smallest absolute Gasteiger partial charge is 0.256 e. The van der Waals surface area contributed by atoms with Crippen LogP contribution in [0.4, 0.5) is 5.69 Å². The summed E-state index contributed by atoms with van der Waals surface area (Å²) in [5.74, 6) is -0.184. The van der Waals surface area contributed by atoms with Crippen LogP contribution < -0.4 is 5.32 Å². The van der Waals surface area contributed by atoms with Gasteiger partial charge < -0.3 is 15.1 Å². The Morgan fingerprint density at radius 2 is 1.80 bits per heavy atom. The number of hydrogen-bond acceptors (Lipinski definition) is 3. The second kappa shape index (κ2) is 8.11. The zero-order valence-electron chi connectivity index (χ0n) is 17.0. The Morgan fingerprint density at radius 3 is 2.50 bits per heavy atom. The monoisotopic (exact) mass is 425 g/mol. The molecule has 2 aromatic rings. The second-order valence-electron chi connectivity index (χ2n) is 8.21. The lowest BCUT2D eigenvalue weighted by Gasteiger charge is -2.39. The average Bonchev–Trinajstić information content (AvgIpc) is 2.82. The normalized spacial score (nSPS) is 18.6. The molecule has 0 spiro atoms. The van der Waals surface area contributed by atoms with Crippen molar-refractivity contribution < 1.29 is 14.4 Å². The number of nitrogens with zero attached hydrogens (tertiary/aromatic N) is 2. The molecule has 4 rings (SSSR count). The highest BCUT2D eigenvalue weighted by Crippen LogP contribution is 2.30. The minimum atomic E-state index is -0.686. The molecule has 2 aliphatic rings. The fraction of sp³-hybridized carbons (Fsp3) is 0.348. The first-order valence-corrected chi connectivity index (χ1v) is 10.5. The predicted molar refractivity (Wildman–Crippen MR) is 116 cm³/mol. The Balaban J connectivity index is 1.62. The van der Waals surface area contributed by atoms with E-state index in [4.69, 9.17) is 11.6 Å². The van der Waals surface area contributed by atoms with Crippen molar-refractivity contribution in [2.45, 2.75) is 26.3 Å². The third-order valence-electron chi connectivity index (χ3n) is 5.56. The lowest BCUT2D eigenvalue weighted by molar-refractivity contribution is -0.136. The second-order valence-corrected chi connectivity index (χ2v) is 8.65. The van der Waals surface area contributed by atoms with Crippen LogP contribution >= 0.6 is 11.6 Å². The molecule has 7 heteroatoms. The van der Waals surface area contributed by atoms with Gasteiger partial charge in [0.15, 0.2) is 0 Å². The van der Waals surface area contributed by atoms with Gasteiger partial charge in [-0.15, -0.1) is 0 Å². The number of amides is 3. The number of hydrogen-bond donors (Lipinski definition) is 1. The molecule has 156 valence electrons. The van der Waals surface area contributed by atoms with Gasteiger partial charge in [-0.2, -0.15) is 0 Å². The van der Waals surface area contributed by atoms with Crippen LogP contribution in [-0.2, 0) is 9.59 Å². The number of halogens is 1. The number of rotatable bonds is 3. The molecular formula is C23H24ClN3O3. The van der Waals surface area contributed by atoms with Gasteiger partial charge in [-0.1, -0.05) is 43.6 Å². The maximum absolute atomic E-state index is 13.3. The highest BCUT2D eigenvalue weighted by Gasteiger charge is 2.40. The topological polar surface area (TPSA) is 69.7 Å². The van der Waals surface area contributed by atoms with Crippen molar-refractivity contribution in [2.75, 3.05) is 25.0 Å². The van der Waals surface area contributed by atoms with E-state index < -0.39 is 6.04 Å². The summed E-state index contributed by atoms with van der Waals surface area (Å²) in [6, 6.07) is 12.1. The zero-order valence-corrected chi connectivity index (χ0v) is 17.8. The van der Waals surface area contributed by atoms with Gasteiger partial charge in [0.25, 0.3) is 5.91 Å². The van der Waals surface area contributed by atoms with Crippen molar-refractivity contribution in [3.63, 3.8) is 0 Å². The summed E-state index contributed by atoms with van der Waals surface area (Å²) in [5.41, 5.74) is 2.76. The lowest BCUT2D eigenvalue weighted by Crippen LogP contribution is -2.59. The van der Waals surface area contributed by atoms with E-state index in [0.29, 0.717) is 35.8 Å². The summed E-state index contributed by atoms with van der Waals surface area (Å²) in [5, 5.41) is 3.52. The van der Waals surface area contributed by atoms with Gasteiger partial charge in [0.05, 0.1) is 17.8 Å². The van der Waals surface area contributed by atoms with E-state index in [1.54, 1.807) is 34.1 Å². The minimum Gasteiger partial charge on any atom is -0.338 e. The van der Waals surface area contributed by atoms with Crippen molar-refractivity contribution in [2.24, 2.45) is 5.92 Å². The quantitative estimate of drug-likeness (QED) is 0.815. The SMILES string of the molecule is CC(C)CC(=O)N1CCN2C(=O)c3cc(-c4ccc(Cl)cc4)ccc3NC(=O)C2C1. The Kier molecular flexibility index (Phi) is 5.52. The van der Waals surface area contributed by atoms with Crippen LogP contribution in [0.5, 0.6) is 0 Å². The summed E-state index contributed by atoms with van der Waals surface area (Å²) in [6.45, 7) is 4.98. The first-order chi connectivity index (χ1) is 14.3. The third kappa shape index (κ3) is 3.92. The molecule has 1 saturated heterocycles. The Hall–Kier alpha value is -2.86. The molecule has 2 aliphatic heterocycles.